The van der Waals surface area contributed by atoms with Gasteiger partial charge in [0.1, 0.15) is 11.2 Å². The smallest absolute Gasteiger partial charge is 0.410 e. The van der Waals surface area contributed by atoms with Crippen LogP contribution in [0, 0.1) is 0 Å². The summed E-state index contributed by atoms with van der Waals surface area (Å²) in [5.41, 5.74) is -0.143. The quantitative estimate of drug-likeness (QED) is 0.470. The lowest BCUT2D eigenvalue weighted by atomic mass is 10.1. The van der Waals surface area contributed by atoms with Crippen molar-refractivity contribution in [3.8, 4) is 11.1 Å². The van der Waals surface area contributed by atoms with E-state index < -0.39 is 32.3 Å². The molecule has 0 radical (unpaired) electrons. The Morgan fingerprint density at radius 2 is 2.00 bits per heavy atom. The highest BCUT2D eigenvalue weighted by molar-refractivity contribution is 9.10. The molecule has 1 unspecified atom stereocenters. The average molecular weight is 613 g/mol. The van der Waals surface area contributed by atoms with Crippen molar-refractivity contribution in [2.24, 2.45) is 0 Å². The van der Waals surface area contributed by atoms with Gasteiger partial charge >= 0.3 is 6.09 Å². The fourth-order valence-corrected chi connectivity index (χ4v) is 6.44. The molecule has 4 rings (SSSR count). The molecular formula is C24H27BrClN5O5S. The summed E-state index contributed by atoms with van der Waals surface area (Å²) < 4.78 is 33.7. The van der Waals surface area contributed by atoms with Gasteiger partial charge in [0.15, 0.2) is 9.84 Å². The van der Waals surface area contributed by atoms with Gasteiger partial charge < -0.3 is 15.0 Å². The molecule has 0 aliphatic carbocycles. The number of rotatable bonds is 4. The van der Waals surface area contributed by atoms with Gasteiger partial charge in [0.25, 0.3) is 5.56 Å². The van der Waals surface area contributed by atoms with Crippen LogP contribution in [0.1, 0.15) is 20.8 Å². The Balaban J connectivity index is 1.83. The molecule has 1 saturated heterocycles. The van der Waals surface area contributed by atoms with Crippen molar-refractivity contribution in [2.75, 3.05) is 31.2 Å². The number of halogens is 2. The number of benzene rings is 1. The van der Waals surface area contributed by atoms with Crippen molar-refractivity contribution in [1.29, 1.82) is 0 Å². The van der Waals surface area contributed by atoms with E-state index in [4.69, 9.17) is 16.3 Å². The van der Waals surface area contributed by atoms with E-state index in [0.29, 0.717) is 16.0 Å². The molecule has 198 valence electrons. The number of amides is 1. The highest BCUT2D eigenvalue weighted by Gasteiger charge is 2.37. The minimum absolute atomic E-state index is 0.0179. The summed E-state index contributed by atoms with van der Waals surface area (Å²) in [5.74, 6) is 0.0374. The minimum Gasteiger partial charge on any atom is -0.444 e. The maximum atomic E-state index is 13.8. The number of fused-ring (bicyclic) bond motifs is 1. The van der Waals surface area contributed by atoms with Crippen LogP contribution < -0.4 is 10.9 Å². The maximum absolute atomic E-state index is 13.8. The van der Waals surface area contributed by atoms with E-state index in [1.165, 1.54) is 9.47 Å². The zero-order valence-electron chi connectivity index (χ0n) is 20.8. The second kappa shape index (κ2) is 10.2. The first kappa shape index (κ1) is 27.3. The van der Waals surface area contributed by atoms with Crippen LogP contribution in [0.3, 0.4) is 0 Å². The summed E-state index contributed by atoms with van der Waals surface area (Å²) in [6, 6.07) is 6.80. The summed E-state index contributed by atoms with van der Waals surface area (Å²) in [5, 5.41) is 2.68. The van der Waals surface area contributed by atoms with Gasteiger partial charge in [-0.15, -0.1) is 0 Å². The molecule has 37 heavy (non-hydrogen) atoms. The van der Waals surface area contributed by atoms with Crippen LogP contribution in [0.25, 0.3) is 22.2 Å². The predicted molar refractivity (Wildman–Crippen MR) is 147 cm³/mol. The zero-order chi connectivity index (χ0) is 27.1. The number of sulfone groups is 1. The highest BCUT2D eigenvalue weighted by Crippen LogP contribution is 2.30. The Morgan fingerprint density at radius 3 is 2.65 bits per heavy atom. The number of nitrogens with one attached hydrogen (secondary N) is 1. The number of ether oxygens (including phenoxy) is 1. The molecule has 3 heterocycles. The molecule has 2 aromatic heterocycles. The van der Waals surface area contributed by atoms with E-state index in [1.54, 1.807) is 58.3 Å². The Labute approximate surface area is 228 Å². The summed E-state index contributed by atoms with van der Waals surface area (Å²) >= 11 is 9.82. The van der Waals surface area contributed by atoms with Crippen molar-refractivity contribution in [2.45, 2.75) is 38.2 Å². The number of aromatic nitrogens is 3. The van der Waals surface area contributed by atoms with Gasteiger partial charge in [-0.1, -0.05) is 33.6 Å². The number of hydrogen-bond acceptors (Lipinski definition) is 8. The van der Waals surface area contributed by atoms with E-state index in [9.17, 15) is 18.0 Å². The van der Waals surface area contributed by atoms with Crippen molar-refractivity contribution in [3.63, 3.8) is 0 Å². The second-order valence-electron chi connectivity index (χ2n) is 9.74. The van der Waals surface area contributed by atoms with E-state index in [0.717, 1.165) is 4.47 Å². The third kappa shape index (κ3) is 5.91. The number of hydrogen-bond donors (Lipinski definition) is 1. The molecule has 13 heteroatoms. The van der Waals surface area contributed by atoms with E-state index in [-0.39, 0.29) is 42.5 Å². The minimum atomic E-state index is -3.62. The van der Waals surface area contributed by atoms with Crippen LogP contribution in [0.15, 0.2) is 39.7 Å². The van der Waals surface area contributed by atoms with Gasteiger partial charge in [0, 0.05) is 58.9 Å². The summed E-state index contributed by atoms with van der Waals surface area (Å²) in [4.78, 5) is 36.6. The Morgan fingerprint density at radius 1 is 1.27 bits per heavy atom. The molecule has 3 aromatic rings. The lowest BCUT2D eigenvalue weighted by molar-refractivity contribution is 0.0251. The van der Waals surface area contributed by atoms with Crippen LogP contribution in [-0.4, -0.2) is 70.7 Å². The van der Waals surface area contributed by atoms with E-state index in [1.807, 2.05) is 0 Å². The first-order valence-electron chi connectivity index (χ1n) is 11.5. The molecule has 10 nitrogen and oxygen atoms in total. The third-order valence-electron chi connectivity index (χ3n) is 5.89. The van der Waals surface area contributed by atoms with Crippen LogP contribution in [0.2, 0.25) is 5.02 Å². The predicted octanol–water partition coefficient (Wildman–Crippen LogP) is 3.95. The molecule has 0 saturated carbocycles. The largest absolute Gasteiger partial charge is 0.444 e. The lowest BCUT2D eigenvalue weighted by Crippen LogP contribution is -2.52. The van der Waals surface area contributed by atoms with Crippen LogP contribution in [0.5, 0.6) is 0 Å². The molecule has 1 aromatic carbocycles. The number of carbonyl (C=O) groups is 1. The molecule has 0 bridgehead atoms. The molecule has 1 amide bonds. The molecule has 1 fully saturated rings. The summed E-state index contributed by atoms with van der Waals surface area (Å²) in [7, 11) is -1.98. The highest BCUT2D eigenvalue weighted by atomic mass is 79.9. The summed E-state index contributed by atoms with van der Waals surface area (Å²) in [6.45, 7) is 4.92. The van der Waals surface area contributed by atoms with Gasteiger partial charge in [-0.05, 0) is 39.0 Å². The molecule has 1 aliphatic rings. The van der Waals surface area contributed by atoms with Crippen molar-refractivity contribution in [3.05, 3.63) is 50.3 Å². The summed E-state index contributed by atoms with van der Waals surface area (Å²) in [6.07, 6.45) is 0.961. The molecule has 1 atom stereocenters. The maximum Gasteiger partial charge on any atom is 0.410 e. The normalized spacial score (nSPS) is 17.6. The van der Waals surface area contributed by atoms with Crippen LogP contribution >= 0.6 is 27.5 Å². The molecule has 1 N–H and O–H groups in total. The Kier molecular flexibility index (Phi) is 7.55. The van der Waals surface area contributed by atoms with Gasteiger partial charge in [0.05, 0.1) is 11.0 Å². The topological polar surface area (TPSA) is 123 Å². The lowest BCUT2D eigenvalue weighted by Gasteiger charge is -2.34. The van der Waals surface area contributed by atoms with Crippen LogP contribution in [-0.2, 0) is 21.1 Å². The fraction of sp³-hybridized carbons (Fsp3) is 0.417. The SMILES string of the molecule is CNc1ncc2cc(-c3ccc(Br)cc3Cl)c(=O)n(CC3CN(C(=O)OC(C)(C)C)CCS3(=O)=O)c2n1. The van der Waals surface area contributed by atoms with Crippen LogP contribution in [0.4, 0.5) is 10.7 Å². The molecule has 1 aliphatic heterocycles. The number of anilines is 1. The Hall–Kier alpha value is -2.70. The standard InChI is InChI=1S/C24H27BrClN5O5S/c1-24(2,3)36-23(33)30-7-8-37(34,35)16(12-30)13-31-20-14(11-28-22(27-4)29-20)9-18(21(31)32)17-6-5-15(25)10-19(17)26/h5-6,9-11,16H,7-8,12-13H2,1-4H3,(H,27,28,29). The average Bonchev–Trinajstić information content (AvgIpc) is 2.80. The van der Waals surface area contributed by atoms with Crippen molar-refractivity contribution in [1.82, 2.24) is 19.4 Å². The van der Waals surface area contributed by atoms with Gasteiger partial charge in [-0.3, -0.25) is 9.36 Å². The van der Waals surface area contributed by atoms with Gasteiger partial charge in [-0.25, -0.2) is 18.2 Å². The molecular weight excluding hydrogens is 586 g/mol. The number of pyridine rings is 1. The number of carbonyl (C=O) groups excluding carboxylic acids is 1. The monoisotopic (exact) mass is 611 g/mol. The van der Waals surface area contributed by atoms with Crippen molar-refractivity contribution < 1.29 is 17.9 Å². The van der Waals surface area contributed by atoms with Crippen molar-refractivity contribution >= 4 is 60.4 Å². The number of nitrogens with zero attached hydrogens (tertiary/aromatic N) is 4. The van der Waals surface area contributed by atoms with Gasteiger partial charge in [-0.2, -0.15) is 4.98 Å². The third-order valence-corrected chi connectivity index (χ3v) is 8.76. The van der Waals surface area contributed by atoms with E-state index in [2.05, 4.69) is 31.2 Å². The first-order valence-corrected chi connectivity index (χ1v) is 14.4. The first-order chi connectivity index (χ1) is 17.3. The fourth-order valence-electron chi connectivity index (χ4n) is 4.07. The molecule has 0 spiro atoms. The van der Waals surface area contributed by atoms with E-state index >= 15 is 0 Å². The second-order valence-corrected chi connectivity index (χ2v) is 13.5. The zero-order valence-corrected chi connectivity index (χ0v) is 23.9. The van der Waals surface area contributed by atoms with Gasteiger partial charge in [0.2, 0.25) is 5.95 Å². The Bertz CT molecular complexity index is 1540.